The maximum atomic E-state index is 13.4. The quantitative estimate of drug-likeness (QED) is 0.873. The smallest absolute Gasteiger partial charge is 0.330 e. The first-order valence-corrected chi connectivity index (χ1v) is 5.53. The summed E-state index contributed by atoms with van der Waals surface area (Å²) in [6, 6.07) is 4.81. The van der Waals surface area contributed by atoms with Crippen LogP contribution in [0.25, 0.3) is 5.69 Å². The van der Waals surface area contributed by atoms with Crippen LogP contribution in [0.5, 0.6) is 0 Å². The molecule has 1 heterocycles. The van der Waals surface area contributed by atoms with Gasteiger partial charge in [0.2, 0.25) is 0 Å². The molecule has 0 aliphatic carbocycles. The van der Waals surface area contributed by atoms with Crippen molar-refractivity contribution in [1.29, 1.82) is 0 Å². The van der Waals surface area contributed by atoms with Crippen LogP contribution in [0, 0.1) is 5.82 Å². The summed E-state index contributed by atoms with van der Waals surface area (Å²) in [4.78, 5) is 0. The Kier molecular flexibility index (Phi) is 3.57. The van der Waals surface area contributed by atoms with Gasteiger partial charge < -0.3 is 5.73 Å². The molecular formula is C12H11F4N3. The van der Waals surface area contributed by atoms with E-state index in [1.54, 1.807) is 6.07 Å². The van der Waals surface area contributed by atoms with Crippen molar-refractivity contribution in [2.24, 2.45) is 5.73 Å². The zero-order valence-corrected chi connectivity index (χ0v) is 9.78. The lowest BCUT2D eigenvalue weighted by molar-refractivity contribution is -0.141. The van der Waals surface area contributed by atoms with Crippen LogP contribution in [-0.4, -0.2) is 16.3 Å². The van der Waals surface area contributed by atoms with Crippen LogP contribution < -0.4 is 5.73 Å². The van der Waals surface area contributed by atoms with E-state index in [0.717, 1.165) is 23.0 Å². The van der Waals surface area contributed by atoms with Gasteiger partial charge in [-0.25, -0.2) is 9.07 Å². The van der Waals surface area contributed by atoms with Crippen molar-refractivity contribution in [1.82, 2.24) is 9.78 Å². The molecular weight excluding hydrogens is 262 g/mol. The molecule has 0 atom stereocenters. The van der Waals surface area contributed by atoms with Crippen molar-refractivity contribution in [3.8, 4) is 5.69 Å². The second-order valence-corrected chi connectivity index (χ2v) is 4.00. The van der Waals surface area contributed by atoms with Crippen LogP contribution in [0.3, 0.4) is 0 Å². The standard InChI is InChI=1S/C12H11F4N3/c13-9-5-8(1-3-17)6-10(7-9)19-4-2-11(18-19)12(14,15)16/h2,4-7H,1,3,17H2. The van der Waals surface area contributed by atoms with Gasteiger partial charge in [0.05, 0.1) is 5.69 Å². The summed E-state index contributed by atoms with van der Waals surface area (Å²) < 4.78 is 51.7. The topological polar surface area (TPSA) is 43.8 Å². The van der Waals surface area contributed by atoms with Gasteiger partial charge in [-0.3, -0.25) is 0 Å². The molecule has 2 rings (SSSR count). The Bertz CT molecular complexity index is 575. The van der Waals surface area contributed by atoms with Crippen LogP contribution in [0.15, 0.2) is 30.5 Å². The summed E-state index contributed by atoms with van der Waals surface area (Å²) >= 11 is 0. The van der Waals surface area contributed by atoms with Gasteiger partial charge >= 0.3 is 6.18 Å². The lowest BCUT2D eigenvalue weighted by Gasteiger charge is -2.06. The first kappa shape index (κ1) is 13.5. The van der Waals surface area contributed by atoms with Gasteiger partial charge in [-0.1, -0.05) is 0 Å². The number of aromatic nitrogens is 2. The van der Waals surface area contributed by atoms with Crippen LogP contribution in [0.1, 0.15) is 11.3 Å². The van der Waals surface area contributed by atoms with Gasteiger partial charge in [-0.15, -0.1) is 0 Å². The molecule has 19 heavy (non-hydrogen) atoms. The molecule has 3 nitrogen and oxygen atoms in total. The van der Waals surface area contributed by atoms with Crippen molar-refractivity contribution in [3.05, 3.63) is 47.5 Å². The van der Waals surface area contributed by atoms with Gasteiger partial charge in [-0.05, 0) is 42.8 Å². The van der Waals surface area contributed by atoms with E-state index in [9.17, 15) is 17.6 Å². The first-order chi connectivity index (χ1) is 8.90. The summed E-state index contributed by atoms with van der Waals surface area (Å²) in [6.45, 7) is 0.329. The summed E-state index contributed by atoms with van der Waals surface area (Å²) in [5.74, 6) is -0.537. The Balaban J connectivity index is 2.38. The zero-order valence-electron chi connectivity index (χ0n) is 9.78. The number of hydrogen-bond acceptors (Lipinski definition) is 2. The highest BCUT2D eigenvalue weighted by molar-refractivity contribution is 5.36. The summed E-state index contributed by atoms with van der Waals surface area (Å²) in [5.41, 5.74) is 5.20. The number of rotatable bonds is 3. The molecule has 2 aromatic rings. The van der Waals surface area contributed by atoms with E-state index >= 15 is 0 Å². The summed E-state index contributed by atoms with van der Waals surface area (Å²) in [5, 5.41) is 3.39. The molecule has 0 fully saturated rings. The molecule has 0 amide bonds. The van der Waals surface area contributed by atoms with Crippen molar-refractivity contribution in [2.75, 3.05) is 6.54 Å². The average Bonchev–Trinajstić information content (AvgIpc) is 2.77. The van der Waals surface area contributed by atoms with E-state index < -0.39 is 17.7 Å². The Morgan fingerprint density at radius 2 is 1.95 bits per heavy atom. The van der Waals surface area contributed by atoms with Crippen molar-refractivity contribution >= 4 is 0 Å². The maximum Gasteiger partial charge on any atom is 0.435 e. The van der Waals surface area contributed by atoms with Gasteiger partial charge in [0.25, 0.3) is 0 Å². The Morgan fingerprint density at radius 1 is 1.21 bits per heavy atom. The van der Waals surface area contributed by atoms with Crippen LogP contribution in [-0.2, 0) is 12.6 Å². The molecule has 102 valence electrons. The van der Waals surface area contributed by atoms with E-state index in [4.69, 9.17) is 5.73 Å². The monoisotopic (exact) mass is 273 g/mol. The average molecular weight is 273 g/mol. The third-order valence-corrected chi connectivity index (χ3v) is 2.52. The van der Waals surface area contributed by atoms with Gasteiger partial charge in [0.15, 0.2) is 5.69 Å². The Hall–Kier alpha value is -1.89. The number of hydrogen-bond donors (Lipinski definition) is 1. The van der Waals surface area contributed by atoms with E-state index in [0.29, 0.717) is 18.5 Å². The molecule has 0 bridgehead atoms. The second kappa shape index (κ2) is 5.00. The highest BCUT2D eigenvalue weighted by Crippen LogP contribution is 2.28. The highest BCUT2D eigenvalue weighted by atomic mass is 19.4. The van der Waals surface area contributed by atoms with E-state index in [1.165, 1.54) is 6.07 Å². The molecule has 1 aromatic carbocycles. The van der Waals surface area contributed by atoms with Crippen molar-refractivity contribution < 1.29 is 17.6 Å². The number of nitrogens with zero attached hydrogens (tertiary/aromatic N) is 2. The fourth-order valence-electron chi connectivity index (χ4n) is 1.70. The molecule has 2 N–H and O–H groups in total. The van der Waals surface area contributed by atoms with E-state index in [-0.39, 0.29) is 5.69 Å². The molecule has 0 aliphatic rings. The molecule has 0 saturated heterocycles. The van der Waals surface area contributed by atoms with Crippen molar-refractivity contribution in [3.63, 3.8) is 0 Å². The fraction of sp³-hybridized carbons (Fsp3) is 0.250. The predicted octanol–water partition coefficient (Wildman–Crippen LogP) is 2.53. The van der Waals surface area contributed by atoms with Crippen LogP contribution in [0.4, 0.5) is 17.6 Å². The largest absolute Gasteiger partial charge is 0.435 e. The highest BCUT2D eigenvalue weighted by Gasteiger charge is 2.33. The number of benzene rings is 1. The first-order valence-electron chi connectivity index (χ1n) is 5.53. The lowest BCUT2D eigenvalue weighted by Crippen LogP contribution is -2.08. The Labute approximate surface area is 106 Å². The minimum Gasteiger partial charge on any atom is -0.330 e. The Morgan fingerprint density at radius 3 is 2.53 bits per heavy atom. The maximum absolute atomic E-state index is 13.4. The van der Waals surface area contributed by atoms with E-state index in [2.05, 4.69) is 5.10 Å². The van der Waals surface area contributed by atoms with Crippen LogP contribution >= 0.6 is 0 Å². The molecule has 0 radical (unpaired) electrons. The zero-order chi connectivity index (χ0) is 14.0. The predicted molar refractivity (Wildman–Crippen MR) is 61.3 cm³/mol. The SMILES string of the molecule is NCCc1cc(F)cc(-n2ccc(C(F)(F)F)n2)c1. The number of halogens is 4. The second-order valence-electron chi connectivity index (χ2n) is 4.00. The molecule has 0 unspecified atom stereocenters. The minimum atomic E-state index is -4.52. The minimum absolute atomic E-state index is 0.235. The van der Waals surface area contributed by atoms with Gasteiger partial charge in [0, 0.05) is 6.20 Å². The third-order valence-electron chi connectivity index (χ3n) is 2.52. The third kappa shape index (κ3) is 3.11. The summed E-state index contributed by atoms with van der Waals surface area (Å²) in [6.07, 6.45) is -2.93. The van der Waals surface area contributed by atoms with Gasteiger partial charge in [0.1, 0.15) is 5.82 Å². The normalized spacial score (nSPS) is 11.8. The molecule has 7 heteroatoms. The number of nitrogens with two attached hydrogens (primary N) is 1. The lowest BCUT2D eigenvalue weighted by atomic mass is 10.1. The van der Waals surface area contributed by atoms with Crippen LogP contribution in [0.2, 0.25) is 0 Å². The molecule has 0 saturated carbocycles. The molecule has 0 aliphatic heterocycles. The van der Waals surface area contributed by atoms with Gasteiger partial charge in [-0.2, -0.15) is 18.3 Å². The van der Waals surface area contributed by atoms with Crippen molar-refractivity contribution in [2.45, 2.75) is 12.6 Å². The molecule has 0 spiro atoms. The number of alkyl halides is 3. The van der Waals surface area contributed by atoms with E-state index in [1.807, 2.05) is 0 Å². The molecule has 1 aromatic heterocycles. The summed E-state index contributed by atoms with van der Waals surface area (Å²) in [7, 11) is 0. The fourth-order valence-corrected chi connectivity index (χ4v) is 1.70.